The second-order valence-corrected chi connectivity index (χ2v) is 5.54. The largest absolute Gasteiger partial charge is 1.00 e. The normalized spacial score (nSPS) is 12.0. The maximum absolute atomic E-state index is 3.14. The number of imidazole rings is 1. The molecule has 1 atom stereocenters. The number of aromatic amines is 1. The van der Waals surface area contributed by atoms with E-state index in [9.17, 15) is 0 Å². The van der Waals surface area contributed by atoms with Gasteiger partial charge in [-0.25, -0.2) is 4.57 Å². The Labute approximate surface area is 133 Å². The predicted molar refractivity (Wildman–Crippen MR) is 79.3 cm³/mol. The highest BCUT2D eigenvalue weighted by Gasteiger charge is 2.14. The molecule has 2 rings (SSSR count). The molecular formula is C17H25BrN2. The van der Waals surface area contributed by atoms with Crippen LogP contribution in [-0.4, -0.2) is 4.98 Å². The lowest BCUT2D eigenvalue weighted by molar-refractivity contribution is -0.722. The van der Waals surface area contributed by atoms with Crippen LogP contribution in [-0.2, 0) is 6.42 Å². The molecule has 3 heteroatoms. The highest BCUT2D eigenvalue weighted by Crippen LogP contribution is 2.21. The molecule has 2 nitrogen and oxygen atoms in total. The van der Waals surface area contributed by atoms with Crippen LogP contribution in [0.4, 0.5) is 0 Å². The van der Waals surface area contributed by atoms with E-state index in [1.807, 2.05) is 6.20 Å². The molecule has 0 spiro atoms. The molecule has 1 unspecified atom stereocenters. The maximum atomic E-state index is 3.14. The van der Waals surface area contributed by atoms with Crippen molar-refractivity contribution in [2.75, 3.05) is 0 Å². The summed E-state index contributed by atoms with van der Waals surface area (Å²) in [6.07, 6.45) is 9.71. The molecule has 1 aromatic carbocycles. The number of hydrogen-bond donors (Lipinski definition) is 1. The average Bonchev–Trinajstić information content (AvgIpc) is 2.86. The SMILES string of the molecule is CCC(CCc1c(C)cc(C)cc1C)[n+]1cc[nH]c1.[Br-]. The van der Waals surface area contributed by atoms with Crippen LogP contribution >= 0.6 is 0 Å². The second kappa shape index (κ2) is 7.63. The van der Waals surface area contributed by atoms with Crippen LogP contribution in [0.2, 0.25) is 0 Å². The highest BCUT2D eigenvalue weighted by molar-refractivity contribution is 5.37. The molecule has 0 amide bonds. The molecule has 0 aliphatic carbocycles. The molecule has 2 aromatic rings. The van der Waals surface area contributed by atoms with Crippen molar-refractivity contribution in [2.24, 2.45) is 0 Å². The van der Waals surface area contributed by atoms with E-state index in [1.54, 1.807) is 0 Å². The molecule has 110 valence electrons. The van der Waals surface area contributed by atoms with Gasteiger partial charge in [0, 0.05) is 0 Å². The zero-order chi connectivity index (χ0) is 13.8. The first kappa shape index (κ1) is 17.0. The summed E-state index contributed by atoms with van der Waals surface area (Å²) in [5.74, 6) is 0. The van der Waals surface area contributed by atoms with Gasteiger partial charge in [0.15, 0.2) is 0 Å². The number of aromatic nitrogens is 2. The first-order valence-corrected chi connectivity index (χ1v) is 7.22. The van der Waals surface area contributed by atoms with Crippen LogP contribution in [0, 0.1) is 20.8 Å². The first-order valence-electron chi connectivity index (χ1n) is 7.22. The number of aryl methyl sites for hydroxylation is 3. The molecule has 1 N–H and O–H groups in total. The molecule has 0 aliphatic rings. The van der Waals surface area contributed by atoms with E-state index in [0.29, 0.717) is 6.04 Å². The van der Waals surface area contributed by atoms with Crippen molar-refractivity contribution in [2.45, 2.75) is 53.0 Å². The lowest BCUT2D eigenvalue weighted by Gasteiger charge is -2.15. The summed E-state index contributed by atoms with van der Waals surface area (Å²) in [5.41, 5.74) is 5.77. The highest BCUT2D eigenvalue weighted by atomic mass is 79.9. The van der Waals surface area contributed by atoms with Crippen LogP contribution in [0.15, 0.2) is 30.9 Å². The maximum Gasteiger partial charge on any atom is 0.241 e. The fourth-order valence-corrected chi connectivity index (χ4v) is 3.01. The van der Waals surface area contributed by atoms with Gasteiger partial charge < -0.3 is 17.0 Å². The Balaban J connectivity index is 0.00000200. The Kier molecular flexibility index (Phi) is 6.47. The fourth-order valence-electron chi connectivity index (χ4n) is 3.01. The number of benzene rings is 1. The summed E-state index contributed by atoms with van der Waals surface area (Å²) in [7, 11) is 0. The van der Waals surface area contributed by atoms with E-state index >= 15 is 0 Å². The number of rotatable bonds is 5. The Morgan fingerprint density at radius 2 is 1.80 bits per heavy atom. The van der Waals surface area contributed by atoms with Gasteiger partial charge in [-0.05, 0) is 56.7 Å². The molecule has 1 aromatic heterocycles. The van der Waals surface area contributed by atoms with Crippen LogP contribution in [0.5, 0.6) is 0 Å². The van der Waals surface area contributed by atoms with Gasteiger partial charge in [0.05, 0.1) is 0 Å². The predicted octanol–water partition coefficient (Wildman–Crippen LogP) is 0.815. The van der Waals surface area contributed by atoms with E-state index in [2.05, 4.69) is 61.9 Å². The number of nitrogens with one attached hydrogen (secondary N) is 1. The Bertz CT molecular complexity index is 509. The van der Waals surface area contributed by atoms with E-state index < -0.39 is 0 Å². The third kappa shape index (κ3) is 3.95. The van der Waals surface area contributed by atoms with Crippen molar-refractivity contribution in [1.29, 1.82) is 0 Å². The lowest BCUT2D eigenvalue weighted by atomic mass is 9.94. The minimum absolute atomic E-state index is 0. The van der Waals surface area contributed by atoms with Gasteiger partial charge in [-0.3, -0.25) is 4.98 Å². The second-order valence-electron chi connectivity index (χ2n) is 5.54. The number of nitrogens with zero attached hydrogens (tertiary/aromatic N) is 1. The molecule has 0 saturated carbocycles. The van der Waals surface area contributed by atoms with Gasteiger partial charge in [-0.15, -0.1) is 0 Å². The molecule has 1 heterocycles. The monoisotopic (exact) mass is 336 g/mol. The smallest absolute Gasteiger partial charge is 0.241 e. The van der Waals surface area contributed by atoms with E-state index in [0.717, 1.165) is 6.42 Å². The molecule has 0 saturated heterocycles. The van der Waals surface area contributed by atoms with E-state index in [4.69, 9.17) is 0 Å². The zero-order valence-electron chi connectivity index (χ0n) is 12.9. The Morgan fingerprint density at radius 3 is 2.30 bits per heavy atom. The van der Waals surface area contributed by atoms with Gasteiger partial charge in [-0.1, -0.05) is 24.6 Å². The average molecular weight is 337 g/mol. The minimum Gasteiger partial charge on any atom is -1.00 e. The fraction of sp³-hybridized carbons (Fsp3) is 0.471. The summed E-state index contributed by atoms with van der Waals surface area (Å²) in [6, 6.07) is 5.19. The number of halogens is 1. The summed E-state index contributed by atoms with van der Waals surface area (Å²) >= 11 is 0. The van der Waals surface area contributed by atoms with Crippen molar-refractivity contribution in [3.8, 4) is 0 Å². The first-order chi connectivity index (χ1) is 9.11. The quantitative estimate of drug-likeness (QED) is 0.780. The van der Waals surface area contributed by atoms with E-state index in [1.165, 1.54) is 35.1 Å². The van der Waals surface area contributed by atoms with Crippen LogP contribution in [0.1, 0.15) is 48.1 Å². The number of H-pyrrole nitrogens is 1. The molecule has 0 bridgehead atoms. The molecule has 0 radical (unpaired) electrons. The van der Waals surface area contributed by atoms with Crippen molar-refractivity contribution in [3.63, 3.8) is 0 Å². The van der Waals surface area contributed by atoms with Gasteiger partial charge in [0.1, 0.15) is 18.4 Å². The van der Waals surface area contributed by atoms with Crippen molar-refractivity contribution in [3.05, 3.63) is 53.1 Å². The summed E-state index contributed by atoms with van der Waals surface area (Å²) < 4.78 is 2.29. The third-order valence-electron chi connectivity index (χ3n) is 4.03. The molecule has 0 fully saturated rings. The van der Waals surface area contributed by atoms with Gasteiger partial charge in [0.25, 0.3) is 0 Å². The summed E-state index contributed by atoms with van der Waals surface area (Å²) in [4.78, 5) is 3.14. The van der Waals surface area contributed by atoms with Crippen molar-refractivity contribution < 1.29 is 21.5 Å². The van der Waals surface area contributed by atoms with Gasteiger partial charge in [-0.2, -0.15) is 0 Å². The standard InChI is InChI=1S/C17H24N2.BrH/c1-5-16(19-9-8-18-12-19)6-7-17-14(3)10-13(2)11-15(17)4;/h8-12,16H,5-7H2,1-4H3;1H. The summed E-state index contributed by atoms with van der Waals surface area (Å²) in [5, 5.41) is 0. The third-order valence-corrected chi connectivity index (χ3v) is 4.03. The topological polar surface area (TPSA) is 19.7 Å². The summed E-state index contributed by atoms with van der Waals surface area (Å²) in [6.45, 7) is 8.91. The van der Waals surface area contributed by atoms with Gasteiger partial charge in [0.2, 0.25) is 6.33 Å². The molecule has 0 aliphatic heterocycles. The molecule has 20 heavy (non-hydrogen) atoms. The van der Waals surface area contributed by atoms with Crippen molar-refractivity contribution in [1.82, 2.24) is 4.98 Å². The van der Waals surface area contributed by atoms with Crippen LogP contribution < -0.4 is 21.5 Å². The van der Waals surface area contributed by atoms with E-state index in [-0.39, 0.29) is 17.0 Å². The van der Waals surface area contributed by atoms with Crippen molar-refractivity contribution >= 4 is 0 Å². The Hall–Kier alpha value is -1.09. The zero-order valence-corrected chi connectivity index (χ0v) is 14.5. The van der Waals surface area contributed by atoms with Crippen LogP contribution in [0.25, 0.3) is 0 Å². The minimum atomic E-state index is 0. The van der Waals surface area contributed by atoms with Gasteiger partial charge >= 0.3 is 0 Å². The Morgan fingerprint density at radius 1 is 1.15 bits per heavy atom. The lowest BCUT2D eigenvalue weighted by Crippen LogP contribution is -3.00. The molecular weight excluding hydrogens is 312 g/mol. The number of hydrogen-bond acceptors (Lipinski definition) is 0. The van der Waals surface area contributed by atoms with Crippen LogP contribution in [0.3, 0.4) is 0 Å².